The molecule has 0 aliphatic rings. The Bertz CT molecular complexity index is 711. The number of benzene rings is 1. The molecule has 23 heavy (non-hydrogen) atoms. The Hall–Kier alpha value is -1.48. The van der Waals surface area contributed by atoms with Gasteiger partial charge in [-0.3, -0.25) is 0 Å². The first-order valence-electron chi connectivity index (χ1n) is 7.22. The Labute approximate surface area is 140 Å². The number of thiazole rings is 1. The molecule has 126 valence electrons. The minimum atomic E-state index is -3.56. The molecule has 0 saturated carbocycles. The second-order valence-corrected chi connectivity index (χ2v) is 7.43. The van der Waals surface area contributed by atoms with Gasteiger partial charge < -0.3 is 9.47 Å². The van der Waals surface area contributed by atoms with Crippen LogP contribution in [0.15, 0.2) is 34.5 Å². The SMILES string of the molecule is CCOCCOc1ccc(S(=O)(=O)NCc2nc(C)cs2)cc1. The van der Waals surface area contributed by atoms with Gasteiger partial charge in [-0.25, -0.2) is 18.1 Å². The minimum Gasteiger partial charge on any atom is -0.491 e. The quantitative estimate of drug-likeness (QED) is 0.698. The van der Waals surface area contributed by atoms with Gasteiger partial charge in [-0.2, -0.15) is 0 Å². The highest BCUT2D eigenvalue weighted by molar-refractivity contribution is 7.89. The first kappa shape index (κ1) is 17.9. The fourth-order valence-electron chi connectivity index (χ4n) is 1.80. The Morgan fingerprint density at radius 3 is 2.57 bits per heavy atom. The highest BCUT2D eigenvalue weighted by Crippen LogP contribution is 2.16. The topological polar surface area (TPSA) is 77.5 Å². The van der Waals surface area contributed by atoms with Gasteiger partial charge in [-0.05, 0) is 38.1 Å². The molecule has 0 radical (unpaired) electrons. The number of ether oxygens (including phenoxy) is 2. The van der Waals surface area contributed by atoms with Crippen molar-refractivity contribution in [3.05, 3.63) is 40.3 Å². The fraction of sp³-hybridized carbons (Fsp3) is 0.400. The van der Waals surface area contributed by atoms with Gasteiger partial charge in [-0.15, -0.1) is 11.3 Å². The molecule has 0 amide bonds. The van der Waals surface area contributed by atoms with Gasteiger partial charge in [0.05, 0.1) is 18.0 Å². The number of aryl methyl sites for hydroxylation is 1. The summed E-state index contributed by atoms with van der Waals surface area (Å²) in [6.07, 6.45) is 0. The maximum Gasteiger partial charge on any atom is 0.240 e. The summed E-state index contributed by atoms with van der Waals surface area (Å²) in [7, 11) is -3.56. The molecule has 2 rings (SSSR count). The fourth-order valence-corrected chi connectivity index (χ4v) is 3.59. The molecule has 0 atom stereocenters. The first-order chi connectivity index (χ1) is 11.0. The van der Waals surface area contributed by atoms with Gasteiger partial charge in [0, 0.05) is 17.7 Å². The van der Waals surface area contributed by atoms with Crippen LogP contribution in [0.1, 0.15) is 17.6 Å². The number of nitrogens with zero attached hydrogens (tertiary/aromatic N) is 1. The standard InChI is InChI=1S/C15H20N2O4S2/c1-3-20-8-9-21-13-4-6-14(7-5-13)23(18,19)16-10-15-17-12(2)11-22-15/h4-7,11,16H,3,8-10H2,1-2H3. The zero-order valence-corrected chi connectivity index (χ0v) is 14.7. The number of hydrogen-bond acceptors (Lipinski definition) is 6. The second kappa shape index (κ2) is 8.39. The molecule has 8 heteroatoms. The third-order valence-electron chi connectivity index (χ3n) is 2.91. The molecule has 0 aliphatic heterocycles. The largest absolute Gasteiger partial charge is 0.491 e. The number of nitrogens with one attached hydrogen (secondary N) is 1. The molecule has 0 spiro atoms. The van der Waals surface area contributed by atoms with Gasteiger partial charge in [0.15, 0.2) is 0 Å². The van der Waals surface area contributed by atoms with Gasteiger partial charge in [0.1, 0.15) is 17.4 Å². The molecule has 0 saturated heterocycles. The van der Waals surface area contributed by atoms with Crippen LogP contribution in [-0.2, 0) is 21.3 Å². The number of aromatic nitrogens is 1. The molecule has 0 fully saturated rings. The number of sulfonamides is 1. The van der Waals surface area contributed by atoms with Crippen LogP contribution in [0.3, 0.4) is 0 Å². The molecule has 1 aromatic heterocycles. The minimum absolute atomic E-state index is 0.188. The van der Waals surface area contributed by atoms with Crippen molar-refractivity contribution in [3.8, 4) is 5.75 Å². The van der Waals surface area contributed by atoms with Crippen molar-refractivity contribution in [2.75, 3.05) is 19.8 Å². The number of hydrogen-bond donors (Lipinski definition) is 1. The van der Waals surface area contributed by atoms with Crippen LogP contribution in [0, 0.1) is 6.92 Å². The summed E-state index contributed by atoms with van der Waals surface area (Å²) in [5, 5.41) is 2.62. The third kappa shape index (κ3) is 5.58. The summed E-state index contributed by atoms with van der Waals surface area (Å²) in [5.74, 6) is 0.610. The van der Waals surface area contributed by atoms with Crippen molar-refractivity contribution in [2.45, 2.75) is 25.3 Å². The van der Waals surface area contributed by atoms with E-state index in [9.17, 15) is 8.42 Å². The molecule has 2 aromatic rings. The molecule has 6 nitrogen and oxygen atoms in total. The van der Waals surface area contributed by atoms with Crippen molar-refractivity contribution in [1.29, 1.82) is 0 Å². The first-order valence-corrected chi connectivity index (χ1v) is 9.59. The molecule has 0 unspecified atom stereocenters. The van der Waals surface area contributed by atoms with Crippen LogP contribution in [0.5, 0.6) is 5.75 Å². The van der Waals surface area contributed by atoms with Gasteiger partial charge in [0.25, 0.3) is 0 Å². The molecule has 0 aliphatic carbocycles. The maximum absolute atomic E-state index is 12.2. The van der Waals surface area contributed by atoms with Crippen LogP contribution < -0.4 is 9.46 Å². The zero-order valence-electron chi connectivity index (χ0n) is 13.1. The van der Waals surface area contributed by atoms with E-state index in [-0.39, 0.29) is 11.4 Å². The van der Waals surface area contributed by atoms with E-state index in [1.165, 1.54) is 23.5 Å². The molecule has 0 bridgehead atoms. The molecule has 1 aromatic carbocycles. The Kier molecular flexibility index (Phi) is 6.52. The lowest BCUT2D eigenvalue weighted by Crippen LogP contribution is -2.23. The Balaban J connectivity index is 1.91. The summed E-state index contributed by atoms with van der Waals surface area (Å²) < 4.78 is 37.6. The summed E-state index contributed by atoms with van der Waals surface area (Å²) in [6, 6.07) is 6.30. The van der Waals surface area contributed by atoms with E-state index in [0.717, 1.165) is 10.7 Å². The lowest BCUT2D eigenvalue weighted by Gasteiger charge is -2.08. The van der Waals surface area contributed by atoms with Crippen LogP contribution in [0.2, 0.25) is 0 Å². The maximum atomic E-state index is 12.2. The van der Waals surface area contributed by atoms with Crippen molar-refractivity contribution >= 4 is 21.4 Å². The second-order valence-electron chi connectivity index (χ2n) is 4.72. The van der Waals surface area contributed by atoms with Crippen LogP contribution in [-0.4, -0.2) is 33.2 Å². The Morgan fingerprint density at radius 2 is 1.96 bits per heavy atom. The molecular weight excluding hydrogens is 336 g/mol. The van der Waals surface area contributed by atoms with E-state index in [4.69, 9.17) is 9.47 Å². The predicted molar refractivity (Wildman–Crippen MR) is 89.3 cm³/mol. The van der Waals surface area contributed by atoms with E-state index in [0.29, 0.717) is 25.6 Å². The van der Waals surface area contributed by atoms with E-state index < -0.39 is 10.0 Å². The summed E-state index contributed by atoms with van der Waals surface area (Å²) in [4.78, 5) is 4.43. The summed E-state index contributed by atoms with van der Waals surface area (Å²) in [5.41, 5.74) is 0.887. The summed E-state index contributed by atoms with van der Waals surface area (Å²) >= 11 is 1.43. The smallest absolute Gasteiger partial charge is 0.240 e. The van der Waals surface area contributed by atoms with Crippen LogP contribution >= 0.6 is 11.3 Å². The average Bonchev–Trinajstić information content (AvgIpc) is 2.96. The van der Waals surface area contributed by atoms with Crippen LogP contribution in [0.25, 0.3) is 0 Å². The van der Waals surface area contributed by atoms with Gasteiger partial charge in [-0.1, -0.05) is 0 Å². The normalized spacial score (nSPS) is 11.6. The third-order valence-corrected chi connectivity index (χ3v) is 5.30. The monoisotopic (exact) mass is 356 g/mol. The van der Waals surface area contributed by atoms with E-state index in [1.807, 2.05) is 19.2 Å². The van der Waals surface area contributed by atoms with Crippen molar-refractivity contribution in [3.63, 3.8) is 0 Å². The summed E-state index contributed by atoms with van der Waals surface area (Å²) in [6.45, 7) is 5.56. The van der Waals surface area contributed by atoms with Crippen LogP contribution in [0.4, 0.5) is 0 Å². The van der Waals surface area contributed by atoms with E-state index in [2.05, 4.69) is 9.71 Å². The average molecular weight is 356 g/mol. The van der Waals surface area contributed by atoms with E-state index in [1.54, 1.807) is 12.1 Å². The lowest BCUT2D eigenvalue weighted by atomic mass is 10.3. The Morgan fingerprint density at radius 1 is 1.22 bits per heavy atom. The molecule has 1 N–H and O–H groups in total. The highest BCUT2D eigenvalue weighted by Gasteiger charge is 2.14. The highest BCUT2D eigenvalue weighted by atomic mass is 32.2. The van der Waals surface area contributed by atoms with Crippen molar-refractivity contribution < 1.29 is 17.9 Å². The van der Waals surface area contributed by atoms with Gasteiger partial charge in [0.2, 0.25) is 10.0 Å². The zero-order chi connectivity index (χ0) is 16.7. The van der Waals surface area contributed by atoms with E-state index >= 15 is 0 Å². The molecule has 1 heterocycles. The predicted octanol–water partition coefficient (Wildman–Crippen LogP) is 2.35. The molecular formula is C15H20N2O4S2. The van der Waals surface area contributed by atoms with Crippen molar-refractivity contribution in [1.82, 2.24) is 9.71 Å². The lowest BCUT2D eigenvalue weighted by molar-refractivity contribution is 0.110. The van der Waals surface area contributed by atoms with Crippen molar-refractivity contribution in [2.24, 2.45) is 0 Å². The van der Waals surface area contributed by atoms with Gasteiger partial charge >= 0.3 is 0 Å². The number of rotatable bonds is 9.